The van der Waals surface area contributed by atoms with Crippen molar-refractivity contribution in [2.75, 3.05) is 6.61 Å². The van der Waals surface area contributed by atoms with E-state index in [2.05, 4.69) is 13.8 Å². The monoisotopic (exact) mass is 390 g/mol. The second-order valence-corrected chi connectivity index (χ2v) is 8.12. The highest BCUT2D eigenvalue weighted by Crippen LogP contribution is 2.20. The molecule has 0 saturated heterocycles. The van der Waals surface area contributed by atoms with Crippen molar-refractivity contribution < 1.29 is 19.1 Å². The fourth-order valence-electron chi connectivity index (χ4n) is 2.99. The van der Waals surface area contributed by atoms with E-state index in [9.17, 15) is 9.59 Å². The molecule has 1 aromatic carbocycles. The van der Waals surface area contributed by atoms with Gasteiger partial charge in [0.15, 0.2) is 0 Å². The lowest BCUT2D eigenvalue weighted by Gasteiger charge is -2.08. The Balaban J connectivity index is 1.98. The summed E-state index contributed by atoms with van der Waals surface area (Å²) in [4.78, 5) is 23.6. The molecule has 0 fully saturated rings. The number of esters is 2. The average molecular weight is 391 g/mol. The van der Waals surface area contributed by atoms with Gasteiger partial charge < -0.3 is 9.47 Å². The SMILES string of the molecule is Cc1ccc(C)c(OC(=O)CCCCCCCCC(=O)OCCCC(C)C)c1. The molecule has 0 amide bonds. The van der Waals surface area contributed by atoms with Crippen LogP contribution in [0.25, 0.3) is 0 Å². The van der Waals surface area contributed by atoms with Gasteiger partial charge >= 0.3 is 11.9 Å². The number of unbranched alkanes of at least 4 members (excludes halogenated alkanes) is 5. The lowest BCUT2D eigenvalue weighted by atomic mass is 10.1. The molecule has 0 aliphatic rings. The maximum absolute atomic E-state index is 12.0. The predicted octanol–water partition coefficient (Wildman–Crippen LogP) is 6.31. The smallest absolute Gasteiger partial charge is 0.311 e. The van der Waals surface area contributed by atoms with Gasteiger partial charge in [0.1, 0.15) is 5.75 Å². The molecule has 0 bridgehead atoms. The zero-order valence-electron chi connectivity index (χ0n) is 18.2. The molecular formula is C24H38O4. The van der Waals surface area contributed by atoms with E-state index in [4.69, 9.17) is 9.47 Å². The van der Waals surface area contributed by atoms with Gasteiger partial charge in [0.2, 0.25) is 0 Å². The Labute approximate surface area is 171 Å². The minimum Gasteiger partial charge on any atom is -0.466 e. The fraction of sp³-hybridized carbons (Fsp3) is 0.667. The zero-order chi connectivity index (χ0) is 20.8. The molecule has 0 aromatic heterocycles. The van der Waals surface area contributed by atoms with Crippen molar-refractivity contribution in [2.45, 2.75) is 91.9 Å². The summed E-state index contributed by atoms with van der Waals surface area (Å²) in [6.07, 6.45) is 8.99. The Morgan fingerprint density at radius 1 is 0.857 bits per heavy atom. The topological polar surface area (TPSA) is 52.6 Å². The summed E-state index contributed by atoms with van der Waals surface area (Å²) in [5.41, 5.74) is 2.07. The van der Waals surface area contributed by atoms with Crippen molar-refractivity contribution in [1.82, 2.24) is 0 Å². The minimum atomic E-state index is -0.158. The highest BCUT2D eigenvalue weighted by atomic mass is 16.5. The van der Waals surface area contributed by atoms with Gasteiger partial charge in [0, 0.05) is 12.8 Å². The van der Waals surface area contributed by atoms with Crippen LogP contribution in [0.1, 0.15) is 89.2 Å². The summed E-state index contributed by atoms with van der Waals surface area (Å²) in [5.74, 6) is 1.10. The molecule has 28 heavy (non-hydrogen) atoms. The molecule has 4 heteroatoms. The summed E-state index contributed by atoms with van der Waals surface area (Å²) in [6.45, 7) is 8.84. The Morgan fingerprint density at radius 2 is 1.46 bits per heavy atom. The molecule has 4 nitrogen and oxygen atoms in total. The van der Waals surface area contributed by atoms with Crippen LogP contribution in [0.3, 0.4) is 0 Å². The molecular weight excluding hydrogens is 352 g/mol. The van der Waals surface area contributed by atoms with E-state index in [1.807, 2.05) is 32.0 Å². The van der Waals surface area contributed by atoms with Crippen LogP contribution >= 0.6 is 0 Å². The van der Waals surface area contributed by atoms with Crippen molar-refractivity contribution in [3.05, 3.63) is 29.3 Å². The second kappa shape index (κ2) is 14.2. The number of rotatable bonds is 14. The first-order valence-corrected chi connectivity index (χ1v) is 10.8. The molecule has 1 rings (SSSR count). The third kappa shape index (κ3) is 11.8. The van der Waals surface area contributed by atoms with Gasteiger partial charge in [-0.2, -0.15) is 0 Å². The van der Waals surface area contributed by atoms with Gasteiger partial charge in [-0.15, -0.1) is 0 Å². The van der Waals surface area contributed by atoms with Gasteiger partial charge in [0.25, 0.3) is 0 Å². The summed E-state index contributed by atoms with van der Waals surface area (Å²) in [7, 11) is 0. The predicted molar refractivity (Wildman–Crippen MR) is 114 cm³/mol. The largest absolute Gasteiger partial charge is 0.466 e. The number of benzene rings is 1. The minimum absolute atomic E-state index is 0.0713. The highest BCUT2D eigenvalue weighted by molar-refractivity contribution is 5.72. The van der Waals surface area contributed by atoms with Crippen molar-refractivity contribution in [3.63, 3.8) is 0 Å². The number of carbonyl (C=O) groups is 2. The van der Waals surface area contributed by atoms with Gasteiger partial charge in [-0.3, -0.25) is 9.59 Å². The van der Waals surface area contributed by atoms with Gasteiger partial charge in [-0.1, -0.05) is 51.7 Å². The molecule has 0 saturated carbocycles. The summed E-state index contributed by atoms with van der Waals surface area (Å²) < 4.78 is 10.7. The Bertz CT molecular complexity index is 592. The molecule has 0 spiro atoms. The number of carbonyl (C=O) groups excluding carboxylic acids is 2. The Hall–Kier alpha value is -1.84. The van der Waals surface area contributed by atoms with Crippen LogP contribution in [0.4, 0.5) is 0 Å². The van der Waals surface area contributed by atoms with Crippen LogP contribution in [-0.2, 0) is 14.3 Å². The number of aryl methyl sites for hydroxylation is 2. The first-order valence-electron chi connectivity index (χ1n) is 10.8. The number of ether oxygens (including phenoxy) is 2. The number of hydrogen-bond donors (Lipinski definition) is 0. The van der Waals surface area contributed by atoms with Gasteiger partial charge in [-0.25, -0.2) is 0 Å². The lowest BCUT2D eigenvalue weighted by molar-refractivity contribution is -0.144. The van der Waals surface area contributed by atoms with Crippen molar-refractivity contribution in [1.29, 1.82) is 0 Å². The molecule has 0 N–H and O–H groups in total. The van der Waals surface area contributed by atoms with E-state index in [1.54, 1.807) is 0 Å². The molecule has 0 aliphatic heterocycles. The van der Waals surface area contributed by atoms with E-state index in [-0.39, 0.29) is 11.9 Å². The maximum Gasteiger partial charge on any atom is 0.311 e. The second-order valence-electron chi connectivity index (χ2n) is 8.12. The zero-order valence-corrected chi connectivity index (χ0v) is 18.2. The molecule has 0 aliphatic carbocycles. The third-order valence-corrected chi connectivity index (χ3v) is 4.77. The van der Waals surface area contributed by atoms with E-state index in [1.165, 1.54) is 0 Å². The lowest BCUT2D eigenvalue weighted by Crippen LogP contribution is -2.08. The van der Waals surface area contributed by atoms with Crippen LogP contribution < -0.4 is 4.74 Å². The van der Waals surface area contributed by atoms with Crippen molar-refractivity contribution >= 4 is 11.9 Å². The standard InChI is InChI=1S/C24H38O4/c1-19(2)12-11-17-27-23(25)13-9-7-5-6-8-10-14-24(26)28-22-18-20(3)15-16-21(22)4/h15-16,18-19H,5-14,17H2,1-4H3. The third-order valence-electron chi connectivity index (χ3n) is 4.77. The highest BCUT2D eigenvalue weighted by Gasteiger charge is 2.08. The molecule has 1 aromatic rings. The van der Waals surface area contributed by atoms with Crippen LogP contribution in [0.2, 0.25) is 0 Å². The fourth-order valence-corrected chi connectivity index (χ4v) is 2.99. The Morgan fingerprint density at radius 3 is 2.11 bits per heavy atom. The van der Waals surface area contributed by atoms with Crippen LogP contribution in [0.5, 0.6) is 5.75 Å². The maximum atomic E-state index is 12.0. The molecule has 158 valence electrons. The molecule has 0 radical (unpaired) electrons. The van der Waals surface area contributed by atoms with Crippen LogP contribution in [0, 0.1) is 19.8 Å². The molecule has 0 heterocycles. The molecule has 0 unspecified atom stereocenters. The summed E-state index contributed by atoms with van der Waals surface area (Å²) >= 11 is 0. The first kappa shape index (κ1) is 24.2. The average Bonchev–Trinajstić information content (AvgIpc) is 2.64. The van der Waals surface area contributed by atoms with Gasteiger partial charge in [0.05, 0.1) is 6.61 Å². The molecule has 0 atom stereocenters. The van der Waals surface area contributed by atoms with Crippen LogP contribution in [-0.4, -0.2) is 18.5 Å². The first-order chi connectivity index (χ1) is 13.4. The van der Waals surface area contributed by atoms with E-state index in [0.29, 0.717) is 31.1 Å². The van der Waals surface area contributed by atoms with E-state index >= 15 is 0 Å². The number of hydrogen-bond acceptors (Lipinski definition) is 4. The van der Waals surface area contributed by atoms with Crippen molar-refractivity contribution in [3.8, 4) is 5.75 Å². The van der Waals surface area contributed by atoms with Crippen LogP contribution in [0.15, 0.2) is 18.2 Å². The van der Waals surface area contributed by atoms with E-state index < -0.39 is 0 Å². The Kier molecular flexibility index (Phi) is 12.3. The van der Waals surface area contributed by atoms with Gasteiger partial charge in [-0.05, 0) is 62.6 Å². The summed E-state index contributed by atoms with van der Waals surface area (Å²) in [5, 5.41) is 0. The summed E-state index contributed by atoms with van der Waals surface area (Å²) in [6, 6.07) is 5.89. The van der Waals surface area contributed by atoms with Crippen molar-refractivity contribution in [2.24, 2.45) is 5.92 Å². The normalized spacial score (nSPS) is 10.9. The quantitative estimate of drug-likeness (QED) is 0.212. The van der Waals surface area contributed by atoms with E-state index in [0.717, 1.165) is 62.5 Å².